The zero-order valence-electron chi connectivity index (χ0n) is 10.9. The van der Waals surface area contributed by atoms with Gasteiger partial charge in [-0.05, 0) is 37.1 Å². The Labute approximate surface area is 121 Å². The summed E-state index contributed by atoms with van der Waals surface area (Å²) in [5, 5.41) is 2.66. The molecule has 0 unspecified atom stereocenters. The molecule has 19 heavy (non-hydrogen) atoms. The van der Waals surface area contributed by atoms with Crippen LogP contribution in [0.3, 0.4) is 0 Å². The predicted octanol–water partition coefficient (Wildman–Crippen LogP) is 3.21. The number of halogens is 1. The molecule has 0 heterocycles. The number of carbonyl (C=O) groups is 2. The summed E-state index contributed by atoms with van der Waals surface area (Å²) in [6.45, 7) is 3.55. The van der Waals surface area contributed by atoms with Gasteiger partial charge in [-0.3, -0.25) is 4.79 Å². The van der Waals surface area contributed by atoms with Gasteiger partial charge in [-0.1, -0.05) is 28.9 Å². The molecule has 5 heteroatoms. The zero-order chi connectivity index (χ0) is 14.3. The summed E-state index contributed by atoms with van der Waals surface area (Å²) in [5.41, 5.74) is 1.69. The monoisotopic (exact) mass is 325 g/mol. The van der Waals surface area contributed by atoms with Crippen LogP contribution in [-0.4, -0.2) is 18.5 Å². The summed E-state index contributed by atoms with van der Waals surface area (Å²) in [7, 11) is 0. The van der Waals surface area contributed by atoms with Crippen molar-refractivity contribution >= 4 is 33.5 Å². The second-order valence-corrected chi connectivity index (χ2v) is 4.78. The molecule has 4 nitrogen and oxygen atoms in total. The number of esters is 1. The highest BCUT2D eigenvalue weighted by atomic mass is 79.9. The first-order chi connectivity index (χ1) is 9.02. The van der Waals surface area contributed by atoms with Gasteiger partial charge in [0.05, 0.1) is 0 Å². The summed E-state index contributed by atoms with van der Waals surface area (Å²) in [6.07, 6.45) is 3.74. The maximum absolute atomic E-state index is 11.6. The Balaban J connectivity index is 2.45. The molecule has 1 aromatic carbocycles. The number of anilines is 1. The normalized spacial score (nSPS) is 10.5. The Morgan fingerprint density at radius 2 is 2.16 bits per heavy atom. The number of amides is 1. The SMILES string of the molecule is CC/C=C/C(=O)OCC(=O)Nc1ccc(Br)c(C)c1. The Kier molecular flexibility index (Phi) is 6.29. The molecule has 1 N–H and O–H groups in total. The van der Waals surface area contributed by atoms with Gasteiger partial charge in [0, 0.05) is 16.2 Å². The first-order valence-corrected chi connectivity index (χ1v) is 6.71. The molecule has 0 atom stereocenters. The third kappa shape index (κ3) is 5.70. The van der Waals surface area contributed by atoms with Crippen molar-refractivity contribution in [3.8, 4) is 0 Å². The third-order valence-electron chi connectivity index (χ3n) is 2.28. The van der Waals surface area contributed by atoms with Crippen molar-refractivity contribution in [2.24, 2.45) is 0 Å². The van der Waals surface area contributed by atoms with E-state index in [1.165, 1.54) is 6.08 Å². The second-order valence-electron chi connectivity index (χ2n) is 3.93. The van der Waals surface area contributed by atoms with E-state index in [1.54, 1.807) is 12.1 Å². The maximum Gasteiger partial charge on any atom is 0.330 e. The first-order valence-electron chi connectivity index (χ1n) is 5.92. The number of hydrogen-bond acceptors (Lipinski definition) is 3. The lowest BCUT2D eigenvalue weighted by molar-refractivity contribution is -0.142. The van der Waals surface area contributed by atoms with Gasteiger partial charge in [0.15, 0.2) is 6.61 Å². The first kappa shape index (κ1) is 15.4. The fourth-order valence-corrected chi connectivity index (χ4v) is 1.57. The maximum atomic E-state index is 11.6. The van der Waals surface area contributed by atoms with Crippen molar-refractivity contribution in [1.29, 1.82) is 0 Å². The Hall–Kier alpha value is -1.62. The minimum atomic E-state index is -0.510. The van der Waals surface area contributed by atoms with Crippen molar-refractivity contribution in [3.63, 3.8) is 0 Å². The van der Waals surface area contributed by atoms with Crippen molar-refractivity contribution in [1.82, 2.24) is 0 Å². The largest absolute Gasteiger partial charge is 0.452 e. The highest BCUT2D eigenvalue weighted by molar-refractivity contribution is 9.10. The number of nitrogens with one attached hydrogen (secondary N) is 1. The highest BCUT2D eigenvalue weighted by Gasteiger charge is 2.06. The summed E-state index contributed by atoms with van der Waals surface area (Å²) in [6, 6.07) is 5.45. The van der Waals surface area contributed by atoms with Gasteiger partial charge in [0.1, 0.15) is 0 Å². The van der Waals surface area contributed by atoms with E-state index in [9.17, 15) is 9.59 Å². The molecule has 0 aliphatic carbocycles. The quantitative estimate of drug-likeness (QED) is 0.668. The Morgan fingerprint density at radius 1 is 1.42 bits per heavy atom. The van der Waals surface area contributed by atoms with E-state index >= 15 is 0 Å². The van der Waals surface area contributed by atoms with Gasteiger partial charge < -0.3 is 10.1 Å². The number of rotatable bonds is 5. The molecular formula is C14H16BrNO3. The van der Waals surface area contributed by atoms with Gasteiger partial charge in [0.25, 0.3) is 5.91 Å². The lowest BCUT2D eigenvalue weighted by atomic mass is 10.2. The van der Waals surface area contributed by atoms with E-state index in [2.05, 4.69) is 21.2 Å². The van der Waals surface area contributed by atoms with Crippen molar-refractivity contribution in [2.75, 3.05) is 11.9 Å². The van der Waals surface area contributed by atoms with Crippen LogP contribution in [0.1, 0.15) is 18.9 Å². The van der Waals surface area contributed by atoms with Crippen molar-refractivity contribution in [2.45, 2.75) is 20.3 Å². The zero-order valence-corrected chi connectivity index (χ0v) is 12.5. The molecule has 1 rings (SSSR count). The number of benzene rings is 1. The predicted molar refractivity (Wildman–Crippen MR) is 77.9 cm³/mol. The minimum Gasteiger partial charge on any atom is -0.452 e. The topological polar surface area (TPSA) is 55.4 Å². The standard InChI is InChI=1S/C14H16BrNO3/c1-3-4-5-14(18)19-9-13(17)16-11-6-7-12(15)10(2)8-11/h4-8H,3,9H2,1-2H3,(H,16,17)/b5-4+. The number of allylic oxidation sites excluding steroid dienone is 1. The summed E-state index contributed by atoms with van der Waals surface area (Å²) in [5.74, 6) is -0.871. The number of carbonyl (C=O) groups excluding carboxylic acids is 2. The van der Waals surface area contributed by atoms with Gasteiger partial charge in [-0.2, -0.15) is 0 Å². The van der Waals surface area contributed by atoms with Gasteiger partial charge >= 0.3 is 5.97 Å². The van der Waals surface area contributed by atoms with Crippen LogP contribution in [0.2, 0.25) is 0 Å². The third-order valence-corrected chi connectivity index (χ3v) is 3.17. The van der Waals surface area contributed by atoms with Crippen LogP contribution in [-0.2, 0) is 14.3 Å². The molecule has 0 saturated heterocycles. The fraction of sp³-hybridized carbons (Fsp3) is 0.286. The van der Waals surface area contributed by atoms with E-state index < -0.39 is 5.97 Å². The smallest absolute Gasteiger partial charge is 0.330 e. The van der Waals surface area contributed by atoms with Crippen LogP contribution in [0.25, 0.3) is 0 Å². The van der Waals surface area contributed by atoms with Crippen LogP contribution in [0.15, 0.2) is 34.8 Å². The molecule has 1 aromatic rings. The number of aryl methyl sites for hydroxylation is 1. The summed E-state index contributed by atoms with van der Waals surface area (Å²) in [4.78, 5) is 22.7. The lowest BCUT2D eigenvalue weighted by Gasteiger charge is -2.07. The number of hydrogen-bond donors (Lipinski definition) is 1. The second kappa shape index (κ2) is 7.74. The van der Waals surface area contributed by atoms with E-state index in [0.29, 0.717) is 5.69 Å². The van der Waals surface area contributed by atoms with Crippen LogP contribution in [0.5, 0.6) is 0 Å². The van der Waals surface area contributed by atoms with E-state index in [4.69, 9.17) is 4.74 Å². The van der Waals surface area contributed by atoms with Crippen LogP contribution in [0.4, 0.5) is 5.69 Å². The average Bonchev–Trinajstić information content (AvgIpc) is 2.38. The van der Waals surface area contributed by atoms with Crippen molar-refractivity contribution < 1.29 is 14.3 Å². The molecule has 0 aliphatic heterocycles. The summed E-state index contributed by atoms with van der Waals surface area (Å²) >= 11 is 3.38. The van der Waals surface area contributed by atoms with Gasteiger partial charge in [-0.15, -0.1) is 0 Å². The molecule has 102 valence electrons. The summed E-state index contributed by atoms with van der Waals surface area (Å²) < 4.78 is 5.76. The molecule has 0 aliphatic rings. The van der Waals surface area contributed by atoms with Crippen LogP contribution in [0, 0.1) is 6.92 Å². The lowest BCUT2D eigenvalue weighted by Crippen LogP contribution is -2.20. The van der Waals surface area contributed by atoms with E-state index in [1.807, 2.05) is 26.0 Å². The van der Waals surface area contributed by atoms with E-state index in [-0.39, 0.29) is 12.5 Å². The molecule has 0 bridgehead atoms. The van der Waals surface area contributed by atoms with Crippen LogP contribution >= 0.6 is 15.9 Å². The van der Waals surface area contributed by atoms with Crippen LogP contribution < -0.4 is 5.32 Å². The number of ether oxygens (including phenoxy) is 1. The van der Waals surface area contributed by atoms with Gasteiger partial charge in [-0.25, -0.2) is 4.79 Å². The molecule has 1 amide bonds. The molecule has 0 spiro atoms. The van der Waals surface area contributed by atoms with E-state index in [0.717, 1.165) is 16.5 Å². The highest BCUT2D eigenvalue weighted by Crippen LogP contribution is 2.19. The Bertz CT molecular complexity index is 497. The van der Waals surface area contributed by atoms with Crippen molar-refractivity contribution in [3.05, 3.63) is 40.4 Å². The molecule has 0 aromatic heterocycles. The minimum absolute atomic E-state index is 0.290. The average molecular weight is 326 g/mol. The molecule has 0 radical (unpaired) electrons. The Morgan fingerprint density at radius 3 is 2.79 bits per heavy atom. The molecular weight excluding hydrogens is 310 g/mol. The molecule has 0 fully saturated rings. The molecule has 0 saturated carbocycles. The van der Waals surface area contributed by atoms with Gasteiger partial charge in [0.2, 0.25) is 0 Å². The fourth-order valence-electron chi connectivity index (χ4n) is 1.32.